The van der Waals surface area contributed by atoms with Crippen molar-refractivity contribution in [1.29, 1.82) is 0 Å². The lowest BCUT2D eigenvalue weighted by molar-refractivity contribution is -0.123. The molecule has 0 radical (unpaired) electrons. The zero-order chi connectivity index (χ0) is 13.9. The molecule has 0 aliphatic rings. The highest BCUT2D eigenvalue weighted by Crippen LogP contribution is 2.30. The van der Waals surface area contributed by atoms with E-state index in [-0.39, 0.29) is 17.8 Å². The molecule has 3 heteroatoms. The van der Waals surface area contributed by atoms with Gasteiger partial charge in [0.15, 0.2) is 8.32 Å². The predicted molar refractivity (Wildman–Crippen MR) is 78.2 cm³/mol. The standard InChI is InChI=1S/C15H24O2Si/c1-11-7-9-14(10-8-11)15(12(2)13(3)16)17-18(4,5)6/h7-10,12,15H,1-6H3. The van der Waals surface area contributed by atoms with Crippen molar-refractivity contribution in [1.82, 2.24) is 0 Å². The monoisotopic (exact) mass is 264 g/mol. The maximum atomic E-state index is 11.6. The third-order valence-corrected chi connectivity index (χ3v) is 3.94. The highest BCUT2D eigenvalue weighted by atomic mass is 28.4. The minimum atomic E-state index is -1.68. The summed E-state index contributed by atoms with van der Waals surface area (Å²) < 4.78 is 6.20. The Morgan fingerprint density at radius 3 is 2.06 bits per heavy atom. The summed E-state index contributed by atoms with van der Waals surface area (Å²) in [6, 6.07) is 8.28. The van der Waals surface area contributed by atoms with Gasteiger partial charge in [0.25, 0.3) is 0 Å². The van der Waals surface area contributed by atoms with Crippen LogP contribution in [0.2, 0.25) is 19.6 Å². The summed E-state index contributed by atoms with van der Waals surface area (Å²) in [6.45, 7) is 12.1. The molecule has 0 saturated carbocycles. The topological polar surface area (TPSA) is 26.3 Å². The highest BCUT2D eigenvalue weighted by Gasteiger charge is 2.29. The fraction of sp³-hybridized carbons (Fsp3) is 0.533. The third-order valence-electron chi connectivity index (χ3n) is 2.98. The number of hydrogen-bond donors (Lipinski definition) is 0. The van der Waals surface area contributed by atoms with E-state index >= 15 is 0 Å². The molecule has 2 nitrogen and oxygen atoms in total. The average molecular weight is 264 g/mol. The van der Waals surface area contributed by atoms with Crippen LogP contribution < -0.4 is 0 Å². The lowest BCUT2D eigenvalue weighted by Crippen LogP contribution is -2.32. The summed E-state index contributed by atoms with van der Waals surface area (Å²) in [5, 5.41) is 0. The van der Waals surface area contributed by atoms with Gasteiger partial charge in [-0.25, -0.2) is 0 Å². The summed E-state index contributed by atoms with van der Waals surface area (Å²) >= 11 is 0. The molecule has 0 N–H and O–H groups in total. The predicted octanol–water partition coefficient (Wildman–Crippen LogP) is 4.11. The highest BCUT2D eigenvalue weighted by molar-refractivity contribution is 6.69. The van der Waals surface area contributed by atoms with E-state index in [2.05, 4.69) is 50.8 Å². The Labute approximate surface area is 111 Å². The van der Waals surface area contributed by atoms with Crippen molar-refractivity contribution in [2.45, 2.75) is 46.5 Å². The van der Waals surface area contributed by atoms with Crippen molar-refractivity contribution in [2.75, 3.05) is 0 Å². The van der Waals surface area contributed by atoms with Crippen molar-refractivity contribution >= 4 is 14.1 Å². The van der Waals surface area contributed by atoms with E-state index in [0.717, 1.165) is 5.56 Å². The number of aryl methyl sites for hydroxylation is 1. The van der Waals surface area contributed by atoms with Crippen molar-refractivity contribution in [3.63, 3.8) is 0 Å². The Morgan fingerprint density at radius 1 is 1.17 bits per heavy atom. The van der Waals surface area contributed by atoms with Crippen LogP contribution in [0.4, 0.5) is 0 Å². The van der Waals surface area contributed by atoms with Crippen LogP contribution in [0, 0.1) is 12.8 Å². The minimum Gasteiger partial charge on any atom is -0.410 e. The molecule has 2 atom stereocenters. The van der Waals surface area contributed by atoms with Crippen LogP contribution in [0.5, 0.6) is 0 Å². The van der Waals surface area contributed by atoms with E-state index in [0.29, 0.717) is 0 Å². The molecule has 0 amide bonds. The van der Waals surface area contributed by atoms with E-state index in [9.17, 15) is 4.79 Å². The van der Waals surface area contributed by atoms with Crippen molar-refractivity contribution < 1.29 is 9.22 Å². The number of benzene rings is 1. The SMILES string of the molecule is CC(=O)C(C)C(O[Si](C)(C)C)c1ccc(C)cc1. The molecular formula is C15H24O2Si. The second-order valence-electron chi connectivity index (χ2n) is 5.96. The first-order valence-electron chi connectivity index (χ1n) is 6.45. The molecule has 0 spiro atoms. The second-order valence-corrected chi connectivity index (χ2v) is 10.4. The fourth-order valence-electron chi connectivity index (χ4n) is 1.81. The van der Waals surface area contributed by atoms with E-state index < -0.39 is 8.32 Å². The van der Waals surface area contributed by atoms with E-state index in [1.807, 2.05) is 6.92 Å². The van der Waals surface area contributed by atoms with Crippen LogP contribution in [0.1, 0.15) is 31.1 Å². The zero-order valence-corrected chi connectivity index (χ0v) is 13.3. The number of Topliss-reactive ketones (excluding diaryl/α,β-unsaturated/α-hetero) is 1. The number of carbonyl (C=O) groups is 1. The van der Waals surface area contributed by atoms with Gasteiger partial charge in [0.05, 0.1) is 6.10 Å². The molecule has 1 rings (SSSR count). The van der Waals surface area contributed by atoms with Gasteiger partial charge in [-0.1, -0.05) is 36.8 Å². The van der Waals surface area contributed by atoms with Gasteiger partial charge in [0.2, 0.25) is 0 Å². The Morgan fingerprint density at radius 2 is 1.67 bits per heavy atom. The summed E-state index contributed by atoms with van der Waals surface area (Å²) in [7, 11) is -1.68. The Kier molecular flexibility index (Phi) is 4.88. The summed E-state index contributed by atoms with van der Waals surface area (Å²) in [4.78, 5) is 11.6. The van der Waals surface area contributed by atoms with Gasteiger partial charge in [-0.2, -0.15) is 0 Å². The van der Waals surface area contributed by atoms with Gasteiger partial charge in [0.1, 0.15) is 5.78 Å². The smallest absolute Gasteiger partial charge is 0.184 e. The lowest BCUT2D eigenvalue weighted by Gasteiger charge is -2.30. The van der Waals surface area contributed by atoms with Gasteiger partial charge in [0, 0.05) is 5.92 Å². The Hall–Kier alpha value is -0.933. The van der Waals surface area contributed by atoms with Crippen LogP contribution in [-0.2, 0) is 9.22 Å². The first-order valence-corrected chi connectivity index (χ1v) is 9.86. The van der Waals surface area contributed by atoms with Gasteiger partial charge in [-0.3, -0.25) is 4.79 Å². The normalized spacial score (nSPS) is 15.2. The third kappa shape index (κ3) is 4.39. The molecular weight excluding hydrogens is 240 g/mol. The molecule has 0 aliphatic heterocycles. The average Bonchev–Trinajstić information content (AvgIpc) is 2.25. The van der Waals surface area contributed by atoms with E-state index in [1.54, 1.807) is 6.92 Å². The first kappa shape index (κ1) is 15.1. The molecule has 18 heavy (non-hydrogen) atoms. The number of rotatable bonds is 5. The van der Waals surface area contributed by atoms with E-state index in [1.165, 1.54) is 5.56 Å². The summed E-state index contributed by atoms with van der Waals surface area (Å²) in [6.07, 6.45) is -0.116. The Bertz CT molecular complexity index is 403. The fourth-order valence-corrected chi connectivity index (χ4v) is 2.91. The largest absolute Gasteiger partial charge is 0.410 e. The quantitative estimate of drug-likeness (QED) is 0.748. The van der Waals surface area contributed by atoms with Crippen LogP contribution >= 0.6 is 0 Å². The molecule has 1 aromatic carbocycles. The Balaban J connectivity index is 3.04. The van der Waals surface area contributed by atoms with Crippen LogP contribution in [0.25, 0.3) is 0 Å². The van der Waals surface area contributed by atoms with Gasteiger partial charge >= 0.3 is 0 Å². The van der Waals surface area contributed by atoms with Crippen molar-refractivity contribution in [3.8, 4) is 0 Å². The summed E-state index contributed by atoms with van der Waals surface area (Å²) in [5.41, 5.74) is 2.33. The number of hydrogen-bond acceptors (Lipinski definition) is 2. The van der Waals surface area contributed by atoms with Crippen LogP contribution in [0.15, 0.2) is 24.3 Å². The van der Waals surface area contributed by atoms with Gasteiger partial charge in [-0.05, 0) is 39.1 Å². The number of ketones is 1. The zero-order valence-electron chi connectivity index (χ0n) is 12.3. The molecule has 2 unspecified atom stereocenters. The van der Waals surface area contributed by atoms with Crippen molar-refractivity contribution in [3.05, 3.63) is 35.4 Å². The second kappa shape index (κ2) is 5.80. The molecule has 1 aromatic rings. The van der Waals surface area contributed by atoms with Crippen molar-refractivity contribution in [2.24, 2.45) is 5.92 Å². The van der Waals surface area contributed by atoms with Crippen LogP contribution in [0.3, 0.4) is 0 Å². The molecule has 0 fully saturated rings. The lowest BCUT2D eigenvalue weighted by atomic mass is 9.94. The maximum absolute atomic E-state index is 11.6. The van der Waals surface area contributed by atoms with Gasteiger partial charge in [-0.15, -0.1) is 0 Å². The molecule has 0 saturated heterocycles. The maximum Gasteiger partial charge on any atom is 0.184 e. The number of carbonyl (C=O) groups excluding carboxylic acids is 1. The molecule has 0 aromatic heterocycles. The molecule has 0 heterocycles. The molecule has 100 valence electrons. The van der Waals surface area contributed by atoms with Crippen LogP contribution in [-0.4, -0.2) is 14.1 Å². The minimum absolute atomic E-state index is 0.0977. The molecule has 0 aliphatic carbocycles. The molecule has 0 bridgehead atoms. The van der Waals surface area contributed by atoms with E-state index in [4.69, 9.17) is 4.43 Å². The summed E-state index contributed by atoms with van der Waals surface area (Å²) in [5.74, 6) is 0.0817. The van der Waals surface area contributed by atoms with Gasteiger partial charge < -0.3 is 4.43 Å². The first-order chi connectivity index (χ1) is 8.20.